The van der Waals surface area contributed by atoms with E-state index >= 15 is 0 Å². The van der Waals surface area contributed by atoms with Crippen LogP contribution in [-0.4, -0.2) is 6.43 Å². The molecular formula is C9H16F2. The van der Waals surface area contributed by atoms with E-state index in [-0.39, 0.29) is 17.3 Å². The van der Waals surface area contributed by atoms with Gasteiger partial charge < -0.3 is 0 Å². The highest BCUT2D eigenvalue weighted by Gasteiger charge is 2.52. The van der Waals surface area contributed by atoms with Gasteiger partial charge in [0, 0.05) is 6.42 Å². The second kappa shape index (κ2) is 2.43. The predicted molar refractivity (Wildman–Crippen MR) is 41.7 cm³/mol. The molecule has 0 nitrogen and oxygen atoms in total. The summed E-state index contributed by atoms with van der Waals surface area (Å²) in [5, 5.41) is 0. The van der Waals surface area contributed by atoms with E-state index in [1.165, 1.54) is 0 Å². The Hall–Kier alpha value is -0.140. The molecule has 1 fully saturated rings. The predicted octanol–water partition coefficient (Wildman–Crippen LogP) is 3.47. The molecule has 0 aromatic heterocycles. The van der Waals surface area contributed by atoms with E-state index in [9.17, 15) is 8.78 Å². The van der Waals surface area contributed by atoms with Crippen molar-refractivity contribution >= 4 is 0 Å². The summed E-state index contributed by atoms with van der Waals surface area (Å²) in [7, 11) is 0. The first-order valence-corrected chi connectivity index (χ1v) is 4.16. The van der Waals surface area contributed by atoms with Gasteiger partial charge in [-0.2, -0.15) is 0 Å². The maximum absolute atomic E-state index is 12.1. The lowest BCUT2D eigenvalue weighted by Crippen LogP contribution is -2.24. The maximum atomic E-state index is 12.1. The molecule has 0 aromatic rings. The van der Waals surface area contributed by atoms with Crippen LogP contribution in [0.2, 0.25) is 0 Å². The fourth-order valence-electron chi connectivity index (χ4n) is 1.71. The summed E-state index contributed by atoms with van der Waals surface area (Å²) in [4.78, 5) is 0. The first-order chi connectivity index (χ1) is 4.87. The van der Waals surface area contributed by atoms with Gasteiger partial charge in [0.15, 0.2) is 0 Å². The van der Waals surface area contributed by atoms with Gasteiger partial charge in [-0.25, -0.2) is 8.78 Å². The molecule has 1 aliphatic rings. The molecule has 0 aliphatic heterocycles. The molecule has 0 atom stereocenters. The van der Waals surface area contributed by atoms with Crippen molar-refractivity contribution in [1.82, 2.24) is 0 Å². The third-order valence-corrected chi connectivity index (χ3v) is 2.99. The lowest BCUT2D eigenvalue weighted by atomic mass is 9.76. The van der Waals surface area contributed by atoms with E-state index < -0.39 is 6.43 Å². The Labute approximate surface area is 67.0 Å². The Morgan fingerprint density at radius 1 is 1.27 bits per heavy atom. The van der Waals surface area contributed by atoms with Crippen LogP contribution in [-0.2, 0) is 0 Å². The van der Waals surface area contributed by atoms with Gasteiger partial charge in [-0.1, -0.05) is 20.8 Å². The molecule has 66 valence electrons. The lowest BCUT2D eigenvalue weighted by Gasteiger charge is -2.30. The molecular weight excluding hydrogens is 146 g/mol. The monoisotopic (exact) mass is 162 g/mol. The van der Waals surface area contributed by atoms with Gasteiger partial charge in [0.05, 0.1) is 0 Å². The molecule has 0 aromatic carbocycles. The Kier molecular flexibility index (Phi) is 1.97. The summed E-state index contributed by atoms with van der Waals surface area (Å²) in [6, 6.07) is 0. The Morgan fingerprint density at radius 3 is 1.82 bits per heavy atom. The van der Waals surface area contributed by atoms with Gasteiger partial charge >= 0.3 is 0 Å². The number of halogens is 2. The zero-order chi connectivity index (χ0) is 8.70. The summed E-state index contributed by atoms with van der Waals surface area (Å²) >= 11 is 0. The molecule has 0 bridgehead atoms. The molecule has 1 rings (SSSR count). The first kappa shape index (κ1) is 8.95. The zero-order valence-corrected chi connectivity index (χ0v) is 7.45. The third-order valence-electron chi connectivity index (χ3n) is 2.99. The van der Waals surface area contributed by atoms with Crippen molar-refractivity contribution in [3.05, 3.63) is 0 Å². The van der Waals surface area contributed by atoms with Crippen LogP contribution in [0.1, 0.15) is 40.0 Å². The molecule has 0 heterocycles. The van der Waals surface area contributed by atoms with Crippen LogP contribution in [0.4, 0.5) is 8.78 Å². The second-order valence-corrected chi connectivity index (χ2v) is 4.63. The van der Waals surface area contributed by atoms with Crippen molar-refractivity contribution in [3.63, 3.8) is 0 Å². The average Bonchev–Trinajstić information content (AvgIpc) is 2.42. The highest BCUT2D eigenvalue weighted by atomic mass is 19.3. The number of alkyl halides is 2. The van der Waals surface area contributed by atoms with E-state index in [2.05, 4.69) is 20.8 Å². The smallest absolute Gasteiger partial charge is 0.211 e. The summed E-state index contributed by atoms with van der Waals surface area (Å²) in [6.07, 6.45) is -0.0604. The van der Waals surface area contributed by atoms with Gasteiger partial charge in [0.2, 0.25) is 6.43 Å². The van der Waals surface area contributed by atoms with Gasteiger partial charge in [-0.15, -0.1) is 0 Å². The van der Waals surface area contributed by atoms with Crippen LogP contribution >= 0.6 is 0 Å². The topological polar surface area (TPSA) is 0 Å². The fraction of sp³-hybridized carbons (Fsp3) is 1.00. The molecule has 0 amide bonds. The Balaban J connectivity index is 2.54. The minimum Gasteiger partial charge on any atom is -0.211 e. The van der Waals surface area contributed by atoms with Crippen LogP contribution in [0, 0.1) is 10.8 Å². The minimum absolute atomic E-state index is 0.0405. The molecule has 11 heavy (non-hydrogen) atoms. The van der Waals surface area contributed by atoms with Gasteiger partial charge in [-0.3, -0.25) is 0 Å². The standard InChI is InChI=1S/C9H16F2/c1-8(2,3)9(4-5-9)6-7(10)11/h7H,4-6H2,1-3H3. The lowest BCUT2D eigenvalue weighted by molar-refractivity contribution is 0.0662. The van der Waals surface area contributed by atoms with E-state index in [0.29, 0.717) is 0 Å². The number of hydrogen-bond acceptors (Lipinski definition) is 0. The summed E-state index contributed by atoms with van der Waals surface area (Å²) < 4.78 is 24.2. The first-order valence-electron chi connectivity index (χ1n) is 4.16. The van der Waals surface area contributed by atoms with E-state index in [4.69, 9.17) is 0 Å². The van der Waals surface area contributed by atoms with Crippen LogP contribution in [0.15, 0.2) is 0 Å². The Morgan fingerprint density at radius 2 is 1.73 bits per heavy atom. The van der Waals surface area contributed by atoms with Crippen LogP contribution in [0.5, 0.6) is 0 Å². The normalized spacial score (nSPS) is 22.4. The van der Waals surface area contributed by atoms with Crippen molar-refractivity contribution in [2.24, 2.45) is 10.8 Å². The fourth-order valence-corrected chi connectivity index (χ4v) is 1.71. The van der Waals surface area contributed by atoms with Crippen LogP contribution in [0.25, 0.3) is 0 Å². The highest BCUT2D eigenvalue weighted by molar-refractivity contribution is 5.01. The summed E-state index contributed by atoms with van der Waals surface area (Å²) in [5.41, 5.74) is 0.0184. The molecule has 0 saturated heterocycles. The van der Waals surface area contributed by atoms with Crippen molar-refractivity contribution in [1.29, 1.82) is 0 Å². The van der Waals surface area contributed by atoms with Crippen molar-refractivity contribution in [2.45, 2.75) is 46.5 Å². The Bertz CT molecular complexity index is 140. The van der Waals surface area contributed by atoms with Crippen LogP contribution in [0.3, 0.4) is 0 Å². The van der Waals surface area contributed by atoms with Crippen molar-refractivity contribution in [3.8, 4) is 0 Å². The van der Waals surface area contributed by atoms with Gasteiger partial charge in [0.25, 0.3) is 0 Å². The van der Waals surface area contributed by atoms with E-state index in [0.717, 1.165) is 12.8 Å². The molecule has 1 saturated carbocycles. The molecule has 0 radical (unpaired) electrons. The van der Waals surface area contributed by atoms with E-state index in [1.54, 1.807) is 0 Å². The quantitative estimate of drug-likeness (QED) is 0.583. The minimum atomic E-state index is -2.13. The van der Waals surface area contributed by atoms with E-state index in [1.807, 2.05) is 0 Å². The van der Waals surface area contributed by atoms with Gasteiger partial charge in [0.1, 0.15) is 0 Å². The summed E-state index contributed by atoms with van der Waals surface area (Å²) in [5.74, 6) is 0. The van der Waals surface area contributed by atoms with Crippen molar-refractivity contribution in [2.75, 3.05) is 0 Å². The average molecular weight is 162 g/mol. The largest absolute Gasteiger partial charge is 0.239 e. The maximum Gasteiger partial charge on any atom is 0.239 e. The third kappa shape index (κ3) is 1.71. The van der Waals surface area contributed by atoms with Crippen LogP contribution < -0.4 is 0 Å². The highest BCUT2D eigenvalue weighted by Crippen LogP contribution is 2.61. The zero-order valence-electron chi connectivity index (χ0n) is 7.45. The van der Waals surface area contributed by atoms with Gasteiger partial charge in [-0.05, 0) is 23.7 Å². The molecule has 2 heteroatoms. The second-order valence-electron chi connectivity index (χ2n) is 4.63. The molecule has 1 aliphatic carbocycles. The molecule has 0 spiro atoms. The summed E-state index contributed by atoms with van der Waals surface area (Å²) in [6.45, 7) is 6.17. The molecule has 0 unspecified atom stereocenters. The number of rotatable bonds is 2. The van der Waals surface area contributed by atoms with Crippen molar-refractivity contribution < 1.29 is 8.78 Å². The molecule has 0 N–H and O–H groups in total. The SMILES string of the molecule is CC(C)(C)C1(CC(F)F)CC1. The number of hydrogen-bond donors (Lipinski definition) is 0.